The van der Waals surface area contributed by atoms with E-state index in [1.165, 1.54) is 0 Å². The molecule has 0 aromatic rings. The van der Waals surface area contributed by atoms with Crippen molar-refractivity contribution >= 4 is 24.3 Å². The van der Waals surface area contributed by atoms with E-state index in [4.69, 9.17) is 10.2 Å². The van der Waals surface area contributed by atoms with E-state index in [2.05, 4.69) is 0 Å². The zero-order valence-corrected chi connectivity index (χ0v) is 6.50. The van der Waals surface area contributed by atoms with Crippen LogP contribution in [0, 0.1) is 11.8 Å². The third kappa shape index (κ3) is 1.83. The molecule has 0 amide bonds. The number of hydrogen-bond acceptors (Lipinski definition) is 2. The average Bonchev–Trinajstić information content (AvgIpc) is 1.56. The van der Waals surface area contributed by atoms with Gasteiger partial charge in [0, 0.05) is 0 Å². The maximum Gasteiger partial charge on any atom is 0.307 e. The molecule has 1 rings (SSSR count). The van der Waals surface area contributed by atoms with Gasteiger partial charge >= 0.3 is 11.9 Å². The molecule has 0 saturated heterocycles. The molecular formula is C6H9ClO4. The first-order chi connectivity index (χ1) is 4.63. The average molecular weight is 181 g/mol. The maximum absolute atomic E-state index is 10.2. The minimum atomic E-state index is -0.987. The summed E-state index contributed by atoms with van der Waals surface area (Å²) in [6, 6.07) is 0. The van der Waals surface area contributed by atoms with Gasteiger partial charge in [0.25, 0.3) is 0 Å². The van der Waals surface area contributed by atoms with E-state index in [1.54, 1.807) is 0 Å². The van der Waals surface area contributed by atoms with Gasteiger partial charge in [-0.05, 0) is 12.8 Å². The zero-order chi connectivity index (χ0) is 7.72. The van der Waals surface area contributed by atoms with Crippen molar-refractivity contribution in [2.75, 3.05) is 0 Å². The molecule has 0 aromatic heterocycles. The Kier molecular flexibility index (Phi) is 3.32. The first-order valence-electron chi connectivity index (χ1n) is 3.08. The molecule has 1 aliphatic carbocycles. The van der Waals surface area contributed by atoms with Crippen molar-refractivity contribution in [2.45, 2.75) is 12.8 Å². The number of hydrogen-bond donors (Lipinski definition) is 2. The molecule has 4 nitrogen and oxygen atoms in total. The van der Waals surface area contributed by atoms with Crippen LogP contribution in [-0.2, 0) is 9.59 Å². The summed E-state index contributed by atoms with van der Waals surface area (Å²) in [5.41, 5.74) is 0. The Labute approximate surface area is 69.6 Å². The molecule has 0 unspecified atom stereocenters. The second kappa shape index (κ2) is 3.57. The molecule has 0 spiro atoms. The van der Waals surface area contributed by atoms with Crippen molar-refractivity contribution in [3.63, 3.8) is 0 Å². The number of aliphatic carboxylic acids is 2. The number of carboxylic acids is 2. The summed E-state index contributed by atoms with van der Waals surface area (Å²) in [7, 11) is 0. The van der Waals surface area contributed by atoms with Crippen LogP contribution in [0.5, 0.6) is 0 Å². The van der Waals surface area contributed by atoms with E-state index < -0.39 is 23.8 Å². The standard InChI is InChI=1S/C6H8O4.ClH/c7-5(8)3-1-2-4(3)6(9)10;/h3-4H,1-2H2,(H,7,8)(H,9,10);1H/t3-,4-;/m1./s1. The summed E-state index contributed by atoms with van der Waals surface area (Å²) in [5.74, 6) is -3.26. The highest BCUT2D eigenvalue weighted by Crippen LogP contribution is 2.34. The van der Waals surface area contributed by atoms with Gasteiger partial charge in [0.05, 0.1) is 11.8 Å². The number of rotatable bonds is 2. The maximum atomic E-state index is 10.2. The summed E-state index contributed by atoms with van der Waals surface area (Å²) in [4.78, 5) is 20.5. The Balaban J connectivity index is 0.000001000. The Morgan fingerprint density at radius 3 is 1.36 bits per heavy atom. The van der Waals surface area contributed by atoms with Crippen molar-refractivity contribution in [3.05, 3.63) is 0 Å². The second-order valence-corrected chi connectivity index (χ2v) is 2.47. The fourth-order valence-electron chi connectivity index (χ4n) is 1.09. The van der Waals surface area contributed by atoms with Gasteiger partial charge in [0.2, 0.25) is 0 Å². The van der Waals surface area contributed by atoms with Crippen molar-refractivity contribution in [2.24, 2.45) is 11.8 Å². The lowest BCUT2D eigenvalue weighted by Gasteiger charge is -2.29. The van der Waals surface area contributed by atoms with Gasteiger partial charge in [-0.1, -0.05) is 0 Å². The van der Waals surface area contributed by atoms with Crippen molar-refractivity contribution < 1.29 is 19.8 Å². The molecule has 0 aromatic carbocycles. The Bertz CT molecular complexity index is 159. The van der Waals surface area contributed by atoms with Crippen LogP contribution in [-0.4, -0.2) is 22.2 Å². The van der Waals surface area contributed by atoms with E-state index in [1.807, 2.05) is 0 Å². The van der Waals surface area contributed by atoms with Gasteiger partial charge in [-0.2, -0.15) is 0 Å². The lowest BCUT2D eigenvalue weighted by atomic mass is 9.74. The Morgan fingerprint density at radius 1 is 1.00 bits per heavy atom. The predicted molar refractivity (Wildman–Crippen MR) is 38.7 cm³/mol. The summed E-state index contributed by atoms with van der Waals surface area (Å²) in [5, 5.41) is 16.8. The molecule has 0 radical (unpaired) electrons. The Hall–Kier alpha value is -0.770. The SMILES string of the molecule is Cl.O=C(O)[C@@H]1CC[C@H]1C(=O)O. The topological polar surface area (TPSA) is 74.6 Å². The highest BCUT2D eigenvalue weighted by atomic mass is 35.5. The van der Waals surface area contributed by atoms with Gasteiger partial charge < -0.3 is 10.2 Å². The molecular weight excluding hydrogens is 172 g/mol. The van der Waals surface area contributed by atoms with Crippen LogP contribution in [0.4, 0.5) is 0 Å². The van der Waals surface area contributed by atoms with Crippen LogP contribution < -0.4 is 0 Å². The van der Waals surface area contributed by atoms with Gasteiger partial charge in [0.1, 0.15) is 0 Å². The number of carbonyl (C=O) groups is 2. The molecule has 0 heterocycles. The highest BCUT2D eigenvalue weighted by Gasteiger charge is 2.41. The molecule has 1 aliphatic rings. The van der Waals surface area contributed by atoms with E-state index in [0.29, 0.717) is 12.8 Å². The third-order valence-corrected chi connectivity index (χ3v) is 1.91. The summed E-state index contributed by atoms with van der Waals surface area (Å²) >= 11 is 0. The van der Waals surface area contributed by atoms with Crippen LogP contribution in [0.1, 0.15) is 12.8 Å². The van der Waals surface area contributed by atoms with E-state index in [9.17, 15) is 9.59 Å². The molecule has 2 atom stereocenters. The highest BCUT2D eigenvalue weighted by molar-refractivity contribution is 5.85. The Morgan fingerprint density at radius 2 is 1.27 bits per heavy atom. The predicted octanol–water partition coefficient (Wildman–Crippen LogP) is 0.604. The first kappa shape index (κ1) is 10.2. The van der Waals surface area contributed by atoms with Crippen LogP contribution in [0.3, 0.4) is 0 Å². The fraction of sp³-hybridized carbons (Fsp3) is 0.667. The molecule has 64 valence electrons. The second-order valence-electron chi connectivity index (χ2n) is 2.47. The molecule has 1 fully saturated rings. The lowest BCUT2D eigenvalue weighted by molar-refractivity contribution is -0.160. The van der Waals surface area contributed by atoms with Crippen LogP contribution in [0.15, 0.2) is 0 Å². The van der Waals surface area contributed by atoms with Gasteiger partial charge in [-0.15, -0.1) is 12.4 Å². The lowest BCUT2D eigenvalue weighted by Crippen LogP contribution is -2.37. The minimum Gasteiger partial charge on any atom is -0.481 e. The monoisotopic (exact) mass is 180 g/mol. The van der Waals surface area contributed by atoms with Crippen molar-refractivity contribution in [1.29, 1.82) is 0 Å². The molecule has 0 aliphatic heterocycles. The fourth-order valence-corrected chi connectivity index (χ4v) is 1.09. The largest absolute Gasteiger partial charge is 0.481 e. The smallest absolute Gasteiger partial charge is 0.307 e. The quantitative estimate of drug-likeness (QED) is 0.653. The summed E-state index contributed by atoms with van der Waals surface area (Å²) < 4.78 is 0. The molecule has 2 N–H and O–H groups in total. The van der Waals surface area contributed by atoms with E-state index in [-0.39, 0.29) is 12.4 Å². The van der Waals surface area contributed by atoms with Gasteiger partial charge in [-0.3, -0.25) is 9.59 Å². The number of halogens is 1. The molecule has 5 heteroatoms. The van der Waals surface area contributed by atoms with Crippen LogP contribution >= 0.6 is 12.4 Å². The van der Waals surface area contributed by atoms with E-state index >= 15 is 0 Å². The normalized spacial score (nSPS) is 28.0. The number of carboxylic acid groups (broad SMARTS) is 2. The third-order valence-electron chi connectivity index (χ3n) is 1.91. The van der Waals surface area contributed by atoms with Crippen LogP contribution in [0.25, 0.3) is 0 Å². The summed E-state index contributed by atoms with van der Waals surface area (Å²) in [6.45, 7) is 0. The van der Waals surface area contributed by atoms with Gasteiger partial charge in [0.15, 0.2) is 0 Å². The van der Waals surface area contributed by atoms with E-state index in [0.717, 1.165) is 0 Å². The van der Waals surface area contributed by atoms with Crippen LogP contribution in [0.2, 0.25) is 0 Å². The molecule has 0 bridgehead atoms. The zero-order valence-electron chi connectivity index (χ0n) is 5.69. The first-order valence-corrected chi connectivity index (χ1v) is 3.08. The minimum absolute atomic E-state index is 0. The molecule has 11 heavy (non-hydrogen) atoms. The van der Waals surface area contributed by atoms with Crippen molar-refractivity contribution in [3.8, 4) is 0 Å². The summed E-state index contributed by atoms with van der Waals surface area (Å²) in [6.07, 6.45) is 1.01. The van der Waals surface area contributed by atoms with Crippen molar-refractivity contribution in [1.82, 2.24) is 0 Å². The van der Waals surface area contributed by atoms with Gasteiger partial charge in [-0.25, -0.2) is 0 Å². The molecule has 1 saturated carbocycles.